The van der Waals surface area contributed by atoms with E-state index in [4.69, 9.17) is 10.2 Å². The number of nitrogen functional groups attached to an aromatic ring is 1. The molecule has 8 heteroatoms. The van der Waals surface area contributed by atoms with Crippen molar-refractivity contribution in [2.45, 2.75) is 38.6 Å². The van der Waals surface area contributed by atoms with Crippen LogP contribution in [0.3, 0.4) is 0 Å². The standard InChI is InChI=1S/C17H22N4O3S/c1-10-3-5-15(24-10)13-7-21(8-14(13)19-11(2)22)16(23)6-4-12-9-25-17(18)20-12/h3,5,9,13-14H,4,6-8H2,1-2H3,(H2,18,20)(H,19,22)/t13-,14-/m1/s1. The molecule has 0 spiro atoms. The van der Waals surface area contributed by atoms with Crippen LogP contribution in [0, 0.1) is 6.92 Å². The van der Waals surface area contributed by atoms with Gasteiger partial charge in [-0.1, -0.05) is 0 Å². The van der Waals surface area contributed by atoms with E-state index in [0.29, 0.717) is 31.1 Å². The van der Waals surface area contributed by atoms with Crippen LogP contribution in [-0.4, -0.2) is 40.8 Å². The highest BCUT2D eigenvalue weighted by Gasteiger charge is 2.38. The zero-order chi connectivity index (χ0) is 18.0. The van der Waals surface area contributed by atoms with Gasteiger partial charge in [0.1, 0.15) is 11.5 Å². The van der Waals surface area contributed by atoms with Gasteiger partial charge in [0.25, 0.3) is 0 Å². The van der Waals surface area contributed by atoms with Crippen molar-refractivity contribution >= 4 is 28.3 Å². The molecule has 2 aromatic heterocycles. The van der Waals surface area contributed by atoms with Crippen molar-refractivity contribution in [2.75, 3.05) is 18.8 Å². The van der Waals surface area contributed by atoms with Gasteiger partial charge in [-0.2, -0.15) is 0 Å². The molecule has 0 radical (unpaired) electrons. The highest BCUT2D eigenvalue weighted by molar-refractivity contribution is 7.13. The summed E-state index contributed by atoms with van der Waals surface area (Å²) in [5.74, 6) is 1.54. The molecule has 2 aromatic rings. The smallest absolute Gasteiger partial charge is 0.223 e. The first-order valence-corrected chi connectivity index (χ1v) is 9.11. The molecular formula is C17H22N4O3S. The minimum Gasteiger partial charge on any atom is -0.466 e. The molecule has 1 fully saturated rings. The number of carbonyl (C=O) groups is 2. The van der Waals surface area contributed by atoms with Crippen LogP contribution in [0.4, 0.5) is 5.13 Å². The molecule has 3 heterocycles. The average Bonchev–Trinajstić information content (AvgIpc) is 3.25. The number of nitrogens with one attached hydrogen (secondary N) is 1. The van der Waals surface area contributed by atoms with E-state index in [2.05, 4.69) is 10.3 Å². The first-order valence-electron chi connectivity index (χ1n) is 8.23. The second-order valence-electron chi connectivity index (χ2n) is 6.34. The second-order valence-corrected chi connectivity index (χ2v) is 7.23. The minimum absolute atomic E-state index is 0.0310. The van der Waals surface area contributed by atoms with Crippen LogP contribution in [0.25, 0.3) is 0 Å². The molecule has 25 heavy (non-hydrogen) atoms. The van der Waals surface area contributed by atoms with Crippen molar-refractivity contribution in [3.63, 3.8) is 0 Å². The number of aromatic nitrogens is 1. The van der Waals surface area contributed by atoms with Gasteiger partial charge in [-0.05, 0) is 25.5 Å². The number of carbonyl (C=O) groups excluding carboxylic acids is 2. The number of nitrogens with two attached hydrogens (primary N) is 1. The molecule has 2 atom stereocenters. The lowest BCUT2D eigenvalue weighted by Gasteiger charge is -2.16. The van der Waals surface area contributed by atoms with Crippen LogP contribution in [0.15, 0.2) is 21.9 Å². The van der Waals surface area contributed by atoms with Crippen molar-refractivity contribution in [1.82, 2.24) is 15.2 Å². The Kier molecular flexibility index (Phi) is 5.08. The Hall–Kier alpha value is -2.35. The van der Waals surface area contributed by atoms with Crippen LogP contribution in [0.1, 0.15) is 36.5 Å². The Labute approximate surface area is 150 Å². The summed E-state index contributed by atoms with van der Waals surface area (Å²) >= 11 is 1.38. The van der Waals surface area contributed by atoms with E-state index in [0.717, 1.165) is 17.2 Å². The lowest BCUT2D eigenvalue weighted by Crippen LogP contribution is -2.39. The summed E-state index contributed by atoms with van der Waals surface area (Å²) in [7, 11) is 0. The molecule has 7 nitrogen and oxygen atoms in total. The fourth-order valence-electron chi connectivity index (χ4n) is 3.19. The highest BCUT2D eigenvalue weighted by atomic mass is 32.1. The number of hydrogen-bond acceptors (Lipinski definition) is 6. The minimum atomic E-state index is -0.137. The van der Waals surface area contributed by atoms with Gasteiger partial charge in [-0.25, -0.2) is 4.98 Å². The number of amides is 2. The topological polar surface area (TPSA) is 101 Å². The van der Waals surface area contributed by atoms with Gasteiger partial charge in [-0.3, -0.25) is 9.59 Å². The second kappa shape index (κ2) is 7.26. The van der Waals surface area contributed by atoms with Gasteiger partial charge in [0.2, 0.25) is 11.8 Å². The van der Waals surface area contributed by atoms with Crippen molar-refractivity contribution < 1.29 is 14.0 Å². The molecule has 0 bridgehead atoms. The van der Waals surface area contributed by atoms with E-state index >= 15 is 0 Å². The van der Waals surface area contributed by atoms with E-state index in [-0.39, 0.29) is 23.8 Å². The molecule has 1 aliphatic heterocycles. The molecule has 3 rings (SSSR count). The van der Waals surface area contributed by atoms with Gasteiger partial charge in [-0.15, -0.1) is 11.3 Å². The molecule has 3 N–H and O–H groups in total. The average molecular weight is 362 g/mol. The molecule has 1 aliphatic rings. The number of furan rings is 1. The Balaban J connectivity index is 1.65. The van der Waals surface area contributed by atoms with Crippen LogP contribution in [-0.2, 0) is 16.0 Å². The zero-order valence-electron chi connectivity index (χ0n) is 14.3. The maximum Gasteiger partial charge on any atom is 0.223 e. The van der Waals surface area contributed by atoms with Gasteiger partial charge >= 0.3 is 0 Å². The summed E-state index contributed by atoms with van der Waals surface area (Å²) in [5, 5.41) is 5.33. The number of hydrogen-bond donors (Lipinski definition) is 2. The maximum atomic E-state index is 12.6. The van der Waals surface area contributed by atoms with Crippen LogP contribution in [0.2, 0.25) is 0 Å². The molecule has 1 saturated heterocycles. The lowest BCUT2D eigenvalue weighted by molar-refractivity contribution is -0.130. The molecule has 0 aromatic carbocycles. The summed E-state index contributed by atoms with van der Waals surface area (Å²) in [6.07, 6.45) is 0.943. The predicted molar refractivity (Wildman–Crippen MR) is 95.2 cm³/mol. The third-order valence-corrected chi connectivity index (χ3v) is 5.08. The maximum absolute atomic E-state index is 12.6. The summed E-state index contributed by atoms with van der Waals surface area (Å²) in [6, 6.07) is 3.68. The fourth-order valence-corrected chi connectivity index (χ4v) is 3.78. The van der Waals surface area contributed by atoms with Crippen LogP contribution >= 0.6 is 11.3 Å². The van der Waals surface area contributed by atoms with Gasteiger partial charge in [0.05, 0.1) is 17.7 Å². The molecule has 0 unspecified atom stereocenters. The van der Waals surface area contributed by atoms with Crippen molar-refractivity contribution in [3.8, 4) is 0 Å². The SMILES string of the molecule is CC(=O)N[C@@H]1CN(C(=O)CCc2csc(N)n2)C[C@H]1c1ccc(C)o1. The van der Waals surface area contributed by atoms with Crippen LogP contribution in [0.5, 0.6) is 0 Å². The summed E-state index contributed by atoms with van der Waals surface area (Å²) in [4.78, 5) is 30.0. The third-order valence-electron chi connectivity index (χ3n) is 4.35. The largest absolute Gasteiger partial charge is 0.466 e. The molecule has 2 amide bonds. The normalized spacial score (nSPS) is 20.0. The number of rotatable bonds is 5. The quantitative estimate of drug-likeness (QED) is 0.843. The fraction of sp³-hybridized carbons (Fsp3) is 0.471. The van der Waals surface area contributed by atoms with Gasteiger partial charge in [0, 0.05) is 31.8 Å². The van der Waals surface area contributed by atoms with E-state index in [9.17, 15) is 9.59 Å². The molecule has 0 saturated carbocycles. The molecular weight excluding hydrogens is 340 g/mol. The first kappa shape index (κ1) is 17.5. The van der Waals surface area contributed by atoms with Crippen molar-refractivity contribution in [3.05, 3.63) is 34.7 Å². The van der Waals surface area contributed by atoms with Crippen molar-refractivity contribution in [1.29, 1.82) is 0 Å². The number of anilines is 1. The Bertz CT molecular complexity index is 770. The van der Waals surface area contributed by atoms with Gasteiger partial charge < -0.3 is 20.4 Å². The lowest BCUT2D eigenvalue weighted by atomic mass is 10.0. The Morgan fingerprint density at radius 2 is 2.24 bits per heavy atom. The van der Waals surface area contributed by atoms with Gasteiger partial charge in [0.15, 0.2) is 5.13 Å². The van der Waals surface area contributed by atoms with E-state index in [1.807, 2.05) is 24.4 Å². The van der Waals surface area contributed by atoms with Crippen LogP contribution < -0.4 is 11.1 Å². The number of nitrogens with zero attached hydrogens (tertiary/aromatic N) is 2. The third kappa shape index (κ3) is 4.19. The predicted octanol–water partition coefficient (Wildman–Crippen LogP) is 1.69. The summed E-state index contributed by atoms with van der Waals surface area (Å²) < 4.78 is 5.73. The highest BCUT2D eigenvalue weighted by Crippen LogP contribution is 2.29. The number of aryl methyl sites for hydroxylation is 2. The Morgan fingerprint density at radius 1 is 1.44 bits per heavy atom. The first-order chi connectivity index (χ1) is 11.9. The molecule has 0 aliphatic carbocycles. The van der Waals surface area contributed by atoms with Crippen molar-refractivity contribution in [2.24, 2.45) is 0 Å². The molecule has 134 valence electrons. The monoisotopic (exact) mass is 362 g/mol. The summed E-state index contributed by atoms with van der Waals surface area (Å²) in [5.41, 5.74) is 6.46. The van der Waals surface area contributed by atoms with E-state index in [1.165, 1.54) is 18.3 Å². The van der Waals surface area contributed by atoms with E-state index < -0.39 is 0 Å². The zero-order valence-corrected chi connectivity index (χ0v) is 15.1. The number of thiazole rings is 1. The summed E-state index contributed by atoms with van der Waals surface area (Å²) in [6.45, 7) is 4.40. The van der Waals surface area contributed by atoms with E-state index in [1.54, 1.807) is 4.90 Å². The Morgan fingerprint density at radius 3 is 2.84 bits per heavy atom. The number of likely N-dealkylation sites (tertiary alicyclic amines) is 1.